The van der Waals surface area contributed by atoms with Gasteiger partial charge in [-0.05, 0) is 13.3 Å². The van der Waals surface area contributed by atoms with Crippen LogP contribution in [0.1, 0.15) is 13.3 Å². The van der Waals surface area contributed by atoms with Crippen LogP contribution in [0.4, 0.5) is 13.2 Å². The van der Waals surface area contributed by atoms with E-state index >= 15 is 0 Å². The van der Waals surface area contributed by atoms with Gasteiger partial charge in [0.25, 0.3) is 0 Å². The summed E-state index contributed by atoms with van der Waals surface area (Å²) in [7, 11) is 0. The number of rotatable bonds is 1. The Bertz CT molecular complexity index is 234. The first kappa shape index (κ1) is 14.5. The van der Waals surface area contributed by atoms with E-state index in [1.54, 1.807) is 0 Å². The Morgan fingerprint density at radius 1 is 1.53 bits per heavy atom. The minimum atomic E-state index is -4.45. The van der Waals surface area contributed by atoms with E-state index in [1.807, 2.05) is 0 Å². The van der Waals surface area contributed by atoms with Crippen LogP contribution in [0.3, 0.4) is 0 Å². The third kappa shape index (κ3) is 3.53. The van der Waals surface area contributed by atoms with E-state index in [1.165, 1.54) is 4.90 Å². The predicted molar refractivity (Wildman–Crippen MR) is 51.6 cm³/mol. The van der Waals surface area contributed by atoms with E-state index in [9.17, 15) is 18.0 Å². The summed E-state index contributed by atoms with van der Waals surface area (Å²) in [6.45, 7) is 1.45. The van der Waals surface area contributed by atoms with Crippen LogP contribution >= 0.6 is 12.4 Å². The molecule has 1 fully saturated rings. The number of nitrogens with zero attached hydrogens (tertiary/aromatic N) is 1. The molecule has 7 heteroatoms. The highest BCUT2D eigenvalue weighted by molar-refractivity contribution is 5.85. The molecular weight excluding hydrogens is 233 g/mol. The number of carbonyl (C=O) groups excluding carboxylic acids is 1. The van der Waals surface area contributed by atoms with Gasteiger partial charge in [0.1, 0.15) is 5.92 Å². The molecule has 0 aliphatic carbocycles. The molecule has 15 heavy (non-hydrogen) atoms. The van der Waals surface area contributed by atoms with E-state index in [0.29, 0.717) is 13.0 Å². The largest absolute Gasteiger partial charge is 0.400 e. The summed E-state index contributed by atoms with van der Waals surface area (Å²) in [5, 5.41) is 0. The Morgan fingerprint density at radius 2 is 2.07 bits per heavy atom. The number of hydrogen-bond donors (Lipinski definition) is 1. The minimum absolute atomic E-state index is 0. The molecule has 1 rings (SSSR count). The van der Waals surface area contributed by atoms with Gasteiger partial charge in [0, 0.05) is 19.1 Å². The van der Waals surface area contributed by atoms with Crippen molar-refractivity contribution in [1.82, 2.24) is 4.90 Å². The van der Waals surface area contributed by atoms with Crippen molar-refractivity contribution < 1.29 is 18.0 Å². The van der Waals surface area contributed by atoms with E-state index in [0.717, 1.165) is 6.92 Å². The molecule has 1 saturated heterocycles. The molecule has 2 unspecified atom stereocenters. The fraction of sp³-hybridized carbons (Fsp3) is 0.875. The Balaban J connectivity index is 0.00000196. The molecule has 3 nitrogen and oxygen atoms in total. The van der Waals surface area contributed by atoms with Gasteiger partial charge in [-0.25, -0.2) is 0 Å². The van der Waals surface area contributed by atoms with Gasteiger partial charge >= 0.3 is 6.18 Å². The van der Waals surface area contributed by atoms with Gasteiger partial charge in [0.05, 0.1) is 0 Å². The van der Waals surface area contributed by atoms with Crippen molar-refractivity contribution in [2.24, 2.45) is 11.7 Å². The molecule has 1 aliphatic rings. The average molecular weight is 247 g/mol. The van der Waals surface area contributed by atoms with Crippen molar-refractivity contribution in [3.63, 3.8) is 0 Å². The summed E-state index contributed by atoms with van der Waals surface area (Å²) in [5.41, 5.74) is 5.50. The maximum absolute atomic E-state index is 12.2. The van der Waals surface area contributed by atoms with Crippen LogP contribution in [0, 0.1) is 5.92 Å². The van der Waals surface area contributed by atoms with Crippen molar-refractivity contribution in [3.8, 4) is 0 Å². The quantitative estimate of drug-likeness (QED) is 0.755. The van der Waals surface area contributed by atoms with E-state index in [-0.39, 0.29) is 25.0 Å². The van der Waals surface area contributed by atoms with Gasteiger partial charge in [-0.3, -0.25) is 4.79 Å². The molecule has 0 aromatic heterocycles. The molecule has 1 amide bonds. The standard InChI is InChI=1S/C8H13F3N2O.ClH/c1-5(8(9,10)11)7(14)13-3-2-6(12)4-13;/h5-6H,2-4,12H2,1H3;1H. The topological polar surface area (TPSA) is 46.3 Å². The molecule has 1 aliphatic heterocycles. The van der Waals surface area contributed by atoms with Gasteiger partial charge in [-0.1, -0.05) is 0 Å². The number of hydrogen-bond acceptors (Lipinski definition) is 2. The van der Waals surface area contributed by atoms with Gasteiger partial charge < -0.3 is 10.6 Å². The normalized spacial score (nSPS) is 23.5. The van der Waals surface area contributed by atoms with Gasteiger partial charge in [0.2, 0.25) is 5.91 Å². The van der Waals surface area contributed by atoms with Crippen molar-refractivity contribution >= 4 is 18.3 Å². The lowest BCUT2D eigenvalue weighted by atomic mass is 10.1. The molecule has 0 radical (unpaired) electrons. The van der Waals surface area contributed by atoms with Crippen LogP contribution in [0.5, 0.6) is 0 Å². The first-order chi connectivity index (χ1) is 6.32. The third-order valence-corrected chi connectivity index (χ3v) is 2.40. The zero-order valence-electron chi connectivity index (χ0n) is 8.25. The molecule has 2 atom stereocenters. The maximum Gasteiger partial charge on any atom is 0.400 e. The Morgan fingerprint density at radius 3 is 2.40 bits per heavy atom. The van der Waals surface area contributed by atoms with Crippen LogP contribution in [0.15, 0.2) is 0 Å². The zero-order valence-corrected chi connectivity index (χ0v) is 9.07. The zero-order chi connectivity index (χ0) is 10.9. The monoisotopic (exact) mass is 246 g/mol. The number of likely N-dealkylation sites (tertiary alicyclic amines) is 1. The Kier molecular flexibility index (Phi) is 4.86. The lowest BCUT2D eigenvalue weighted by Crippen LogP contribution is -2.40. The van der Waals surface area contributed by atoms with Crippen molar-refractivity contribution in [2.45, 2.75) is 25.6 Å². The lowest BCUT2D eigenvalue weighted by molar-refractivity contribution is -0.184. The average Bonchev–Trinajstić information content (AvgIpc) is 2.47. The summed E-state index contributed by atoms with van der Waals surface area (Å²) < 4.78 is 36.5. The van der Waals surface area contributed by atoms with E-state index < -0.39 is 18.0 Å². The maximum atomic E-state index is 12.2. The van der Waals surface area contributed by atoms with Crippen LogP contribution in [-0.2, 0) is 4.79 Å². The van der Waals surface area contributed by atoms with Crippen LogP contribution in [-0.4, -0.2) is 36.1 Å². The summed E-state index contributed by atoms with van der Waals surface area (Å²) in [6.07, 6.45) is -3.87. The first-order valence-corrected chi connectivity index (χ1v) is 4.43. The number of carbonyl (C=O) groups is 1. The SMILES string of the molecule is CC(C(=O)N1CCC(N)C1)C(F)(F)F.Cl. The molecule has 0 aromatic rings. The Hall–Kier alpha value is -0.490. The molecule has 1 heterocycles. The number of alkyl halides is 3. The molecule has 0 aromatic carbocycles. The predicted octanol–water partition coefficient (Wildman–Crippen LogP) is 1.17. The van der Waals surface area contributed by atoms with Gasteiger partial charge in [0.15, 0.2) is 0 Å². The number of halogens is 4. The molecule has 0 spiro atoms. The summed E-state index contributed by atoms with van der Waals surface area (Å²) in [4.78, 5) is 12.5. The van der Waals surface area contributed by atoms with Crippen LogP contribution < -0.4 is 5.73 Å². The van der Waals surface area contributed by atoms with Crippen molar-refractivity contribution in [3.05, 3.63) is 0 Å². The molecule has 2 N–H and O–H groups in total. The third-order valence-electron chi connectivity index (χ3n) is 2.40. The highest BCUT2D eigenvalue weighted by Crippen LogP contribution is 2.28. The summed E-state index contributed by atoms with van der Waals surface area (Å²) in [6, 6.07) is -0.181. The number of amides is 1. The van der Waals surface area contributed by atoms with Crippen LogP contribution in [0.25, 0.3) is 0 Å². The molecule has 90 valence electrons. The second-order valence-electron chi connectivity index (χ2n) is 3.60. The number of nitrogens with two attached hydrogens (primary N) is 1. The molecule has 0 saturated carbocycles. The van der Waals surface area contributed by atoms with Crippen molar-refractivity contribution in [2.75, 3.05) is 13.1 Å². The van der Waals surface area contributed by atoms with Crippen molar-refractivity contribution in [1.29, 1.82) is 0 Å². The summed E-state index contributed by atoms with van der Waals surface area (Å²) in [5.74, 6) is -2.79. The van der Waals surface area contributed by atoms with E-state index in [4.69, 9.17) is 5.73 Å². The van der Waals surface area contributed by atoms with Crippen LogP contribution in [0.2, 0.25) is 0 Å². The van der Waals surface area contributed by atoms with Gasteiger partial charge in [-0.2, -0.15) is 13.2 Å². The first-order valence-electron chi connectivity index (χ1n) is 4.43. The molecular formula is C8H14ClF3N2O. The Labute approximate surface area is 92.2 Å². The lowest BCUT2D eigenvalue weighted by Gasteiger charge is -2.22. The molecule has 0 bridgehead atoms. The highest BCUT2D eigenvalue weighted by atomic mass is 35.5. The van der Waals surface area contributed by atoms with Gasteiger partial charge in [-0.15, -0.1) is 12.4 Å². The smallest absolute Gasteiger partial charge is 0.341 e. The fourth-order valence-electron chi connectivity index (χ4n) is 1.40. The summed E-state index contributed by atoms with van der Waals surface area (Å²) >= 11 is 0. The fourth-order valence-corrected chi connectivity index (χ4v) is 1.40. The minimum Gasteiger partial charge on any atom is -0.341 e. The second-order valence-corrected chi connectivity index (χ2v) is 3.60. The second kappa shape index (κ2) is 5.03. The highest BCUT2D eigenvalue weighted by Gasteiger charge is 2.43. The van der Waals surface area contributed by atoms with E-state index in [2.05, 4.69) is 0 Å².